The highest BCUT2D eigenvalue weighted by Gasteiger charge is 2.11. The van der Waals surface area contributed by atoms with Crippen LogP contribution in [0.3, 0.4) is 0 Å². The summed E-state index contributed by atoms with van der Waals surface area (Å²) in [5, 5.41) is 0.602. The molecule has 0 aliphatic heterocycles. The second-order valence-electron chi connectivity index (χ2n) is 4.62. The number of nitrogens with zero attached hydrogens (tertiary/aromatic N) is 2. The number of hydrogen-bond donors (Lipinski definition) is 1. The maximum absolute atomic E-state index is 12.1. The molecule has 1 aromatic carbocycles. The molecule has 0 fully saturated rings. The molecule has 21 heavy (non-hydrogen) atoms. The number of carbonyl (C=O) groups is 1. The van der Waals surface area contributed by atoms with E-state index < -0.39 is 11.2 Å². The first kappa shape index (κ1) is 15.1. The number of halogens is 1. The van der Waals surface area contributed by atoms with Gasteiger partial charge in [0.05, 0.1) is 0 Å². The Balaban J connectivity index is 2.06. The van der Waals surface area contributed by atoms with Gasteiger partial charge in [-0.15, -0.1) is 0 Å². The fourth-order valence-corrected chi connectivity index (χ4v) is 2.05. The van der Waals surface area contributed by atoms with Crippen molar-refractivity contribution in [1.29, 1.82) is 0 Å². The average Bonchev–Trinajstić information content (AvgIpc) is 2.41. The van der Waals surface area contributed by atoms with Gasteiger partial charge in [0, 0.05) is 30.9 Å². The molecule has 2 rings (SSSR count). The lowest BCUT2D eigenvalue weighted by Gasteiger charge is -2.17. The van der Waals surface area contributed by atoms with Crippen LogP contribution in [-0.4, -0.2) is 27.4 Å². The molecule has 0 saturated carbocycles. The zero-order valence-electron chi connectivity index (χ0n) is 11.4. The van der Waals surface area contributed by atoms with E-state index in [9.17, 15) is 14.4 Å². The number of aromatic nitrogens is 2. The van der Waals surface area contributed by atoms with E-state index in [1.807, 2.05) is 12.1 Å². The minimum absolute atomic E-state index is 0.132. The Morgan fingerprint density at radius 2 is 2.10 bits per heavy atom. The summed E-state index contributed by atoms with van der Waals surface area (Å²) < 4.78 is 1.15. The van der Waals surface area contributed by atoms with Crippen LogP contribution in [0.1, 0.15) is 5.56 Å². The van der Waals surface area contributed by atoms with Crippen molar-refractivity contribution in [3.8, 4) is 0 Å². The van der Waals surface area contributed by atoms with Gasteiger partial charge in [0.25, 0.3) is 5.56 Å². The molecule has 0 radical (unpaired) electrons. The van der Waals surface area contributed by atoms with Gasteiger partial charge >= 0.3 is 5.69 Å². The van der Waals surface area contributed by atoms with E-state index in [0.717, 1.165) is 10.1 Å². The molecule has 0 aliphatic rings. The van der Waals surface area contributed by atoms with Crippen molar-refractivity contribution in [3.63, 3.8) is 0 Å². The van der Waals surface area contributed by atoms with Gasteiger partial charge in [-0.2, -0.15) is 0 Å². The van der Waals surface area contributed by atoms with Crippen molar-refractivity contribution in [2.75, 3.05) is 7.05 Å². The predicted molar refractivity (Wildman–Crippen MR) is 79.2 cm³/mol. The normalized spacial score (nSPS) is 10.4. The van der Waals surface area contributed by atoms with E-state index in [1.54, 1.807) is 19.2 Å². The number of benzene rings is 1. The van der Waals surface area contributed by atoms with E-state index in [4.69, 9.17) is 11.6 Å². The first-order chi connectivity index (χ1) is 9.95. The van der Waals surface area contributed by atoms with Crippen molar-refractivity contribution >= 4 is 17.5 Å². The molecule has 1 heterocycles. The van der Waals surface area contributed by atoms with E-state index in [-0.39, 0.29) is 12.5 Å². The summed E-state index contributed by atoms with van der Waals surface area (Å²) in [4.78, 5) is 38.2. The molecule has 7 heteroatoms. The van der Waals surface area contributed by atoms with Gasteiger partial charge in [-0.25, -0.2) is 4.79 Å². The first-order valence-corrected chi connectivity index (χ1v) is 6.61. The summed E-state index contributed by atoms with van der Waals surface area (Å²) in [6, 6.07) is 8.40. The number of amides is 1. The topological polar surface area (TPSA) is 75.2 Å². The van der Waals surface area contributed by atoms with Crippen LogP contribution in [0.5, 0.6) is 0 Å². The summed E-state index contributed by atoms with van der Waals surface area (Å²) in [5.41, 5.74) is -0.199. The number of rotatable bonds is 4. The van der Waals surface area contributed by atoms with Crippen molar-refractivity contribution in [2.24, 2.45) is 0 Å². The third-order valence-electron chi connectivity index (χ3n) is 2.94. The Hall–Kier alpha value is -2.34. The third kappa shape index (κ3) is 4.06. The molecule has 0 spiro atoms. The van der Waals surface area contributed by atoms with Gasteiger partial charge in [-0.3, -0.25) is 19.1 Å². The van der Waals surface area contributed by atoms with Crippen LogP contribution in [0.25, 0.3) is 0 Å². The van der Waals surface area contributed by atoms with Gasteiger partial charge in [-0.05, 0) is 17.7 Å². The number of H-pyrrole nitrogens is 1. The van der Waals surface area contributed by atoms with Crippen LogP contribution in [-0.2, 0) is 17.9 Å². The van der Waals surface area contributed by atoms with Crippen molar-refractivity contribution in [1.82, 2.24) is 14.5 Å². The molecule has 0 atom stereocenters. The van der Waals surface area contributed by atoms with Gasteiger partial charge in [0.15, 0.2) is 0 Å². The summed E-state index contributed by atoms with van der Waals surface area (Å²) in [6.07, 6.45) is 1.30. The van der Waals surface area contributed by atoms with Crippen molar-refractivity contribution in [3.05, 3.63) is 68.0 Å². The number of likely N-dealkylation sites (N-methyl/N-ethyl adjacent to an activating group) is 1. The second kappa shape index (κ2) is 6.41. The summed E-state index contributed by atoms with van der Waals surface area (Å²) in [5.74, 6) is -0.246. The highest BCUT2D eigenvalue weighted by Crippen LogP contribution is 2.12. The highest BCUT2D eigenvalue weighted by atomic mass is 35.5. The molecular weight excluding hydrogens is 294 g/mol. The lowest BCUT2D eigenvalue weighted by atomic mass is 10.2. The Kier molecular flexibility index (Phi) is 4.59. The van der Waals surface area contributed by atoms with Crippen LogP contribution in [0.2, 0.25) is 5.02 Å². The van der Waals surface area contributed by atoms with Crippen LogP contribution in [0, 0.1) is 0 Å². The van der Waals surface area contributed by atoms with Gasteiger partial charge in [0.1, 0.15) is 6.54 Å². The standard InChI is InChI=1S/C14H14ClN3O3/c1-17(8-10-3-2-4-11(15)7-10)13(20)9-18-6-5-12(19)16-14(18)21/h2-7H,8-9H2,1H3,(H,16,19,21). The average molecular weight is 308 g/mol. The maximum atomic E-state index is 12.1. The molecule has 1 aromatic heterocycles. The summed E-state index contributed by atoms with van der Waals surface area (Å²) >= 11 is 5.89. The van der Waals surface area contributed by atoms with E-state index in [2.05, 4.69) is 4.98 Å². The monoisotopic (exact) mass is 307 g/mol. The maximum Gasteiger partial charge on any atom is 0.328 e. The van der Waals surface area contributed by atoms with Gasteiger partial charge < -0.3 is 4.90 Å². The zero-order valence-corrected chi connectivity index (χ0v) is 12.1. The highest BCUT2D eigenvalue weighted by molar-refractivity contribution is 6.30. The Morgan fingerprint density at radius 1 is 1.33 bits per heavy atom. The SMILES string of the molecule is CN(Cc1cccc(Cl)c1)C(=O)Cn1ccc(=O)[nH]c1=O. The lowest BCUT2D eigenvalue weighted by molar-refractivity contribution is -0.131. The Morgan fingerprint density at radius 3 is 2.76 bits per heavy atom. The molecule has 0 unspecified atom stereocenters. The number of carbonyl (C=O) groups excluding carboxylic acids is 1. The first-order valence-electron chi connectivity index (χ1n) is 6.24. The number of hydrogen-bond acceptors (Lipinski definition) is 3. The van der Waals surface area contributed by atoms with Crippen molar-refractivity contribution in [2.45, 2.75) is 13.1 Å². The quantitative estimate of drug-likeness (QED) is 0.910. The Labute approximate surface area is 125 Å². The fraction of sp³-hybridized carbons (Fsp3) is 0.214. The number of nitrogens with one attached hydrogen (secondary N) is 1. The fourth-order valence-electron chi connectivity index (χ4n) is 1.83. The van der Waals surface area contributed by atoms with Crippen LogP contribution in [0.4, 0.5) is 0 Å². The molecule has 6 nitrogen and oxygen atoms in total. The lowest BCUT2D eigenvalue weighted by Crippen LogP contribution is -2.36. The molecular formula is C14H14ClN3O3. The molecule has 1 amide bonds. The van der Waals surface area contributed by atoms with Crippen LogP contribution >= 0.6 is 11.6 Å². The Bertz CT molecular complexity index is 766. The zero-order chi connectivity index (χ0) is 15.4. The van der Waals surface area contributed by atoms with E-state index in [0.29, 0.717) is 11.6 Å². The minimum Gasteiger partial charge on any atom is -0.340 e. The molecule has 0 aliphatic carbocycles. The molecule has 0 bridgehead atoms. The second-order valence-corrected chi connectivity index (χ2v) is 5.05. The molecule has 2 aromatic rings. The van der Waals surface area contributed by atoms with Crippen LogP contribution in [0.15, 0.2) is 46.1 Å². The summed E-state index contributed by atoms with van der Waals surface area (Å²) in [7, 11) is 1.64. The molecule has 110 valence electrons. The number of aromatic amines is 1. The smallest absolute Gasteiger partial charge is 0.328 e. The van der Waals surface area contributed by atoms with Gasteiger partial charge in [-0.1, -0.05) is 23.7 Å². The minimum atomic E-state index is -0.605. The molecule has 0 saturated heterocycles. The molecule has 1 N–H and O–H groups in total. The predicted octanol–water partition coefficient (Wildman–Crippen LogP) is 0.849. The third-order valence-corrected chi connectivity index (χ3v) is 3.17. The van der Waals surface area contributed by atoms with Gasteiger partial charge in [0.2, 0.25) is 5.91 Å². The summed E-state index contributed by atoms with van der Waals surface area (Å²) in [6.45, 7) is 0.254. The van der Waals surface area contributed by atoms with Crippen molar-refractivity contribution < 1.29 is 4.79 Å². The van der Waals surface area contributed by atoms with E-state index in [1.165, 1.54) is 17.2 Å². The van der Waals surface area contributed by atoms with Crippen LogP contribution < -0.4 is 11.2 Å². The largest absolute Gasteiger partial charge is 0.340 e. The van der Waals surface area contributed by atoms with E-state index >= 15 is 0 Å².